The predicted octanol–water partition coefficient (Wildman–Crippen LogP) is 1.12. The molecule has 18 heavy (non-hydrogen) atoms. The van der Waals surface area contributed by atoms with Crippen LogP contribution >= 0.6 is 7.60 Å². The average molecular weight is 294 g/mol. The van der Waals surface area contributed by atoms with E-state index in [0.717, 1.165) is 0 Å². The normalized spacial score (nSPS) is 12.6. The number of phenols is 1. The second-order valence-corrected chi connectivity index (χ2v) is 7.74. The molecule has 0 saturated heterocycles. The highest BCUT2D eigenvalue weighted by atomic mass is 32.2. The van der Waals surface area contributed by atoms with E-state index in [1.807, 2.05) is 0 Å². The molecule has 3 N–H and O–H groups in total. The zero-order chi connectivity index (χ0) is 13.8. The van der Waals surface area contributed by atoms with Crippen molar-refractivity contribution in [3.05, 3.63) is 24.3 Å². The maximum absolute atomic E-state index is 11.8. The number of hydrogen-bond acceptors (Lipinski definition) is 4. The van der Waals surface area contributed by atoms with Gasteiger partial charge in [0, 0.05) is 6.16 Å². The number of phenolic OH excluding ortho intramolecular Hbond substituents is 1. The molecular formula is C10H15O6PS. The molecular weight excluding hydrogens is 279 g/mol. The summed E-state index contributed by atoms with van der Waals surface area (Å²) in [6.45, 7) is 0. The molecule has 0 aliphatic rings. The lowest BCUT2D eigenvalue weighted by Crippen LogP contribution is -2.07. The van der Waals surface area contributed by atoms with Gasteiger partial charge in [-0.05, 0) is 25.0 Å². The van der Waals surface area contributed by atoms with E-state index in [4.69, 9.17) is 9.79 Å². The van der Waals surface area contributed by atoms with E-state index < -0.39 is 17.4 Å². The van der Waals surface area contributed by atoms with E-state index in [0.29, 0.717) is 0 Å². The SMILES string of the molecule is O=P(O)(O)CCCCS(=O)(=O)c1ccccc1O. The van der Waals surface area contributed by atoms with Crippen molar-refractivity contribution in [2.45, 2.75) is 17.7 Å². The van der Waals surface area contributed by atoms with Gasteiger partial charge in [0.25, 0.3) is 0 Å². The van der Waals surface area contributed by atoms with Crippen LogP contribution < -0.4 is 0 Å². The van der Waals surface area contributed by atoms with Gasteiger partial charge in [-0.1, -0.05) is 12.1 Å². The first-order valence-corrected chi connectivity index (χ1v) is 8.73. The third-order valence-electron chi connectivity index (χ3n) is 2.31. The Morgan fingerprint density at radius 3 is 2.28 bits per heavy atom. The lowest BCUT2D eigenvalue weighted by atomic mass is 10.3. The molecule has 0 spiro atoms. The second kappa shape index (κ2) is 5.84. The monoisotopic (exact) mass is 294 g/mol. The van der Waals surface area contributed by atoms with Gasteiger partial charge >= 0.3 is 7.60 Å². The smallest absolute Gasteiger partial charge is 0.325 e. The maximum Gasteiger partial charge on any atom is 0.325 e. The van der Waals surface area contributed by atoms with E-state index in [1.165, 1.54) is 24.3 Å². The molecule has 0 atom stereocenters. The van der Waals surface area contributed by atoms with Crippen molar-refractivity contribution in [1.82, 2.24) is 0 Å². The number of para-hydroxylation sites is 1. The molecule has 0 saturated carbocycles. The molecule has 0 fully saturated rings. The van der Waals surface area contributed by atoms with Crippen molar-refractivity contribution < 1.29 is 27.9 Å². The Bertz CT molecular complexity index is 547. The fourth-order valence-corrected chi connectivity index (χ4v) is 3.55. The zero-order valence-corrected chi connectivity index (χ0v) is 11.3. The number of unbranched alkanes of at least 4 members (excludes halogenated alkanes) is 1. The van der Waals surface area contributed by atoms with E-state index in [2.05, 4.69) is 0 Å². The quantitative estimate of drug-likeness (QED) is 0.535. The third kappa shape index (κ3) is 4.78. The topological polar surface area (TPSA) is 112 Å². The van der Waals surface area contributed by atoms with Crippen LogP contribution in [0.5, 0.6) is 5.75 Å². The summed E-state index contributed by atoms with van der Waals surface area (Å²) in [4.78, 5) is 17.1. The van der Waals surface area contributed by atoms with Crippen molar-refractivity contribution in [3.8, 4) is 5.75 Å². The van der Waals surface area contributed by atoms with Crippen LogP contribution in [-0.2, 0) is 14.4 Å². The van der Waals surface area contributed by atoms with Crippen molar-refractivity contribution >= 4 is 17.4 Å². The fraction of sp³-hybridized carbons (Fsp3) is 0.400. The molecule has 1 aromatic rings. The predicted molar refractivity (Wildman–Crippen MR) is 66.3 cm³/mol. The van der Waals surface area contributed by atoms with Crippen LogP contribution in [0.25, 0.3) is 0 Å². The molecule has 0 aliphatic carbocycles. The molecule has 0 aromatic heterocycles. The van der Waals surface area contributed by atoms with Gasteiger partial charge in [-0.25, -0.2) is 8.42 Å². The molecule has 1 aromatic carbocycles. The summed E-state index contributed by atoms with van der Waals surface area (Å²) < 4.78 is 34.2. The Labute approximate surface area is 105 Å². The van der Waals surface area contributed by atoms with Gasteiger partial charge in [0.1, 0.15) is 10.6 Å². The summed E-state index contributed by atoms with van der Waals surface area (Å²) in [7, 11) is -7.69. The van der Waals surface area contributed by atoms with Gasteiger partial charge < -0.3 is 14.9 Å². The van der Waals surface area contributed by atoms with Crippen LogP contribution in [0.4, 0.5) is 0 Å². The summed E-state index contributed by atoms with van der Waals surface area (Å²) in [6.07, 6.45) is -0.0673. The van der Waals surface area contributed by atoms with Crippen molar-refractivity contribution in [2.75, 3.05) is 11.9 Å². The van der Waals surface area contributed by atoms with Crippen molar-refractivity contribution in [1.29, 1.82) is 0 Å². The highest BCUT2D eigenvalue weighted by Gasteiger charge is 2.19. The van der Waals surface area contributed by atoms with E-state index in [-0.39, 0.29) is 35.4 Å². The molecule has 6 nitrogen and oxygen atoms in total. The first-order chi connectivity index (χ1) is 8.22. The average Bonchev–Trinajstić information content (AvgIpc) is 2.24. The molecule has 0 unspecified atom stereocenters. The van der Waals surface area contributed by atoms with Crippen molar-refractivity contribution in [2.24, 2.45) is 0 Å². The Kier molecular flexibility index (Phi) is 4.92. The molecule has 1 rings (SSSR count). The number of rotatable bonds is 6. The Morgan fingerprint density at radius 2 is 1.72 bits per heavy atom. The standard InChI is InChI=1S/C10H15O6PS/c11-9-5-1-2-6-10(9)18(15,16)8-4-3-7-17(12,13)14/h1-2,5-6,11H,3-4,7-8H2,(H2,12,13,14). The summed E-state index contributed by atoms with van der Waals surface area (Å²) in [5.74, 6) is -0.558. The van der Waals surface area contributed by atoms with Crippen LogP contribution in [0.1, 0.15) is 12.8 Å². The van der Waals surface area contributed by atoms with Crippen LogP contribution in [0.2, 0.25) is 0 Å². The van der Waals surface area contributed by atoms with E-state index in [1.54, 1.807) is 0 Å². The Balaban J connectivity index is 2.62. The van der Waals surface area contributed by atoms with E-state index >= 15 is 0 Å². The van der Waals surface area contributed by atoms with Gasteiger partial charge in [0.05, 0.1) is 5.75 Å². The molecule has 8 heteroatoms. The Morgan fingerprint density at radius 1 is 1.11 bits per heavy atom. The highest BCUT2D eigenvalue weighted by Crippen LogP contribution is 2.35. The minimum absolute atomic E-state index is 0.122. The molecule has 0 aliphatic heterocycles. The Hall–Kier alpha value is -0.880. The molecule has 0 amide bonds. The van der Waals surface area contributed by atoms with Crippen molar-refractivity contribution in [3.63, 3.8) is 0 Å². The molecule has 0 radical (unpaired) electrons. The van der Waals surface area contributed by atoms with Crippen LogP contribution in [-0.4, -0.2) is 35.2 Å². The number of hydrogen-bond donors (Lipinski definition) is 3. The third-order valence-corrected chi connectivity index (χ3v) is 5.05. The summed E-state index contributed by atoms with van der Waals surface area (Å²) in [6, 6.07) is 5.60. The second-order valence-electron chi connectivity index (χ2n) is 3.88. The van der Waals surface area contributed by atoms with Gasteiger partial charge in [0.15, 0.2) is 9.84 Å². The molecule has 102 valence electrons. The number of aromatic hydroxyl groups is 1. The van der Waals surface area contributed by atoms with E-state index in [9.17, 15) is 18.1 Å². The zero-order valence-electron chi connectivity index (χ0n) is 9.56. The largest absolute Gasteiger partial charge is 0.507 e. The number of sulfone groups is 1. The first-order valence-electron chi connectivity index (χ1n) is 5.28. The molecule has 0 bridgehead atoms. The maximum atomic E-state index is 11.8. The van der Waals surface area contributed by atoms with Crippen LogP contribution in [0.3, 0.4) is 0 Å². The van der Waals surface area contributed by atoms with Gasteiger partial charge in [-0.2, -0.15) is 0 Å². The minimum atomic E-state index is -4.07. The molecule has 0 heterocycles. The minimum Gasteiger partial charge on any atom is -0.507 e. The summed E-state index contributed by atoms with van der Waals surface area (Å²) in [5, 5.41) is 9.43. The lowest BCUT2D eigenvalue weighted by molar-refractivity contribution is 0.371. The highest BCUT2D eigenvalue weighted by molar-refractivity contribution is 7.91. The summed E-state index contributed by atoms with van der Waals surface area (Å²) in [5.41, 5.74) is 0. The van der Waals surface area contributed by atoms with Gasteiger partial charge in [0.2, 0.25) is 0 Å². The van der Waals surface area contributed by atoms with Crippen LogP contribution in [0, 0.1) is 0 Å². The van der Waals surface area contributed by atoms with Crippen LogP contribution in [0.15, 0.2) is 29.2 Å². The fourth-order valence-electron chi connectivity index (χ4n) is 1.44. The summed E-state index contributed by atoms with van der Waals surface area (Å²) >= 11 is 0. The first kappa shape index (κ1) is 15.2. The lowest BCUT2D eigenvalue weighted by Gasteiger charge is -2.06. The number of benzene rings is 1. The van der Waals surface area contributed by atoms with Gasteiger partial charge in [-0.3, -0.25) is 4.57 Å². The van der Waals surface area contributed by atoms with Gasteiger partial charge in [-0.15, -0.1) is 0 Å².